The molecule has 0 spiro atoms. The molecule has 0 saturated heterocycles. The Balaban J connectivity index is 2.86. The summed E-state index contributed by atoms with van der Waals surface area (Å²) in [6.07, 6.45) is 0. The smallest absolute Gasteiger partial charge is 0.233 e. The Morgan fingerprint density at radius 2 is 2.12 bits per heavy atom. The Morgan fingerprint density at radius 1 is 1.47 bits per heavy atom. The van der Waals surface area contributed by atoms with E-state index in [-0.39, 0.29) is 11.7 Å². The number of rotatable bonds is 5. The van der Waals surface area contributed by atoms with Gasteiger partial charge < -0.3 is 0 Å². The second-order valence-electron chi connectivity index (χ2n) is 3.77. The monoisotopic (exact) mass is 359 g/mol. The molecule has 0 aliphatic heterocycles. The lowest BCUT2D eigenvalue weighted by molar-refractivity contribution is 0.588. The normalized spacial score (nSPS) is 13.4. The summed E-state index contributed by atoms with van der Waals surface area (Å²) in [5.41, 5.74) is 0.430. The Labute approximate surface area is 120 Å². The van der Waals surface area contributed by atoms with E-state index in [4.69, 9.17) is 23.2 Å². The highest BCUT2D eigenvalue weighted by atomic mass is 79.9. The first-order valence-electron chi connectivity index (χ1n) is 4.85. The van der Waals surface area contributed by atoms with E-state index in [0.717, 1.165) is 0 Å². The van der Waals surface area contributed by atoms with Gasteiger partial charge in [0.05, 0.1) is 11.4 Å². The molecule has 1 N–H and O–H groups in total. The Morgan fingerprint density at radius 3 is 2.71 bits per heavy atom. The zero-order valence-corrected chi connectivity index (χ0v) is 13.0. The zero-order valence-electron chi connectivity index (χ0n) is 9.08. The molecule has 0 aromatic heterocycles. The van der Waals surface area contributed by atoms with E-state index in [9.17, 15) is 8.42 Å². The third-order valence-corrected chi connectivity index (χ3v) is 4.95. The van der Waals surface area contributed by atoms with Gasteiger partial charge in [-0.3, -0.25) is 4.72 Å². The average Bonchev–Trinajstić information content (AvgIpc) is 2.22. The van der Waals surface area contributed by atoms with Crippen LogP contribution in [0, 0.1) is 5.92 Å². The molecule has 7 heteroatoms. The molecule has 1 atom stereocenters. The molecule has 0 aliphatic rings. The summed E-state index contributed by atoms with van der Waals surface area (Å²) in [6, 6.07) is 4.91. The van der Waals surface area contributed by atoms with Crippen molar-refractivity contribution < 1.29 is 8.42 Å². The van der Waals surface area contributed by atoms with Crippen LogP contribution in [0.2, 0.25) is 5.02 Å². The molecule has 1 aromatic carbocycles. The van der Waals surface area contributed by atoms with Gasteiger partial charge >= 0.3 is 0 Å². The first kappa shape index (κ1) is 15.1. The molecule has 0 radical (unpaired) electrons. The van der Waals surface area contributed by atoms with Crippen LogP contribution < -0.4 is 4.72 Å². The molecule has 17 heavy (non-hydrogen) atoms. The van der Waals surface area contributed by atoms with Crippen molar-refractivity contribution in [3.8, 4) is 0 Å². The Kier molecular flexibility index (Phi) is 5.57. The highest BCUT2D eigenvalue weighted by Crippen LogP contribution is 2.27. The largest absolute Gasteiger partial charge is 0.282 e. The summed E-state index contributed by atoms with van der Waals surface area (Å²) in [7, 11) is -3.41. The fourth-order valence-corrected chi connectivity index (χ4v) is 3.55. The molecule has 0 bridgehead atoms. The number of hydrogen-bond donors (Lipinski definition) is 1. The molecule has 0 fully saturated rings. The Bertz CT molecular complexity index is 493. The molecule has 1 aromatic rings. The van der Waals surface area contributed by atoms with Crippen molar-refractivity contribution in [3.05, 3.63) is 27.7 Å². The van der Waals surface area contributed by atoms with Crippen molar-refractivity contribution in [2.45, 2.75) is 6.92 Å². The summed E-state index contributed by atoms with van der Waals surface area (Å²) < 4.78 is 26.7. The second-order valence-corrected chi connectivity index (χ2v) is 7.13. The van der Waals surface area contributed by atoms with E-state index in [2.05, 4.69) is 20.7 Å². The lowest BCUT2D eigenvalue weighted by Crippen LogP contribution is -2.22. The van der Waals surface area contributed by atoms with Gasteiger partial charge in [-0.1, -0.05) is 18.5 Å². The van der Waals surface area contributed by atoms with E-state index in [1.807, 2.05) is 0 Å². The van der Waals surface area contributed by atoms with Crippen molar-refractivity contribution in [2.24, 2.45) is 5.92 Å². The van der Waals surface area contributed by atoms with Crippen LogP contribution >= 0.6 is 39.1 Å². The standard InChI is InChI=1S/C10H12BrCl2NO2S/c1-7(5-12)6-17(15,16)14-10-4-8(13)2-3-9(10)11/h2-4,7,14H,5-6H2,1H3. The number of anilines is 1. The molecule has 0 amide bonds. The van der Waals surface area contributed by atoms with Crippen LogP contribution in [0.3, 0.4) is 0 Å². The third-order valence-electron chi connectivity index (χ3n) is 1.96. The molecule has 0 saturated carbocycles. The van der Waals surface area contributed by atoms with Gasteiger partial charge in [-0.15, -0.1) is 11.6 Å². The maximum atomic E-state index is 11.8. The molecular formula is C10H12BrCl2NO2S. The van der Waals surface area contributed by atoms with Crippen LogP contribution in [-0.2, 0) is 10.0 Å². The van der Waals surface area contributed by atoms with E-state index < -0.39 is 10.0 Å². The SMILES string of the molecule is CC(CCl)CS(=O)(=O)Nc1cc(Cl)ccc1Br. The maximum Gasteiger partial charge on any atom is 0.233 e. The van der Waals surface area contributed by atoms with E-state index in [1.165, 1.54) is 0 Å². The number of halogens is 3. The second kappa shape index (κ2) is 6.27. The number of alkyl halides is 1. The highest BCUT2D eigenvalue weighted by Gasteiger charge is 2.16. The van der Waals surface area contributed by atoms with Gasteiger partial charge in [-0.25, -0.2) is 8.42 Å². The van der Waals surface area contributed by atoms with Gasteiger partial charge in [0.2, 0.25) is 10.0 Å². The predicted octanol–water partition coefficient (Wildman–Crippen LogP) is 3.72. The van der Waals surface area contributed by atoms with Crippen LogP contribution in [0.5, 0.6) is 0 Å². The minimum atomic E-state index is -3.41. The quantitative estimate of drug-likeness (QED) is 0.813. The molecule has 1 rings (SSSR count). The fraction of sp³-hybridized carbons (Fsp3) is 0.400. The van der Waals surface area contributed by atoms with Gasteiger partial charge in [0.25, 0.3) is 0 Å². The minimum Gasteiger partial charge on any atom is -0.282 e. The van der Waals surface area contributed by atoms with E-state index in [1.54, 1.807) is 25.1 Å². The van der Waals surface area contributed by atoms with E-state index >= 15 is 0 Å². The predicted molar refractivity (Wildman–Crippen MR) is 76.4 cm³/mol. The van der Waals surface area contributed by atoms with Crippen molar-refractivity contribution in [2.75, 3.05) is 16.4 Å². The lowest BCUT2D eigenvalue weighted by atomic mass is 10.3. The third kappa shape index (κ3) is 5.04. The molecule has 96 valence electrons. The van der Waals surface area contributed by atoms with Crippen molar-refractivity contribution >= 4 is 54.8 Å². The van der Waals surface area contributed by atoms with Crippen LogP contribution in [0.25, 0.3) is 0 Å². The summed E-state index contributed by atoms with van der Waals surface area (Å²) in [5, 5.41) is 0.469. The van der Waals surface area contributed by atoms with Crippen LogP contribution in [0.1, 0.15) is 6.92 Å². The lowest BCUT2D eigenvalue weighted by Gasteiger charge is -2.12. The van der Waals surface area contributed by atoms with Crippen molar-refractivity contribution in [1.29, 1.82) is 0 Å². The Hall–Kier alpha value is 0.0300. The summed E-state index contributed by atoms with van der Waals surface area (Å²) in [6.45, 7) is 1.78. The molecule has 0 heterocycles. The van der Waals surface area contributed by atoms with Crippen LogP contribution in [0.15, 0.2) is 22.7 Å². The summed E-state index contributed by atoms with van der Waals surface area (Å²) >= 11 is 14.7. The van der Waals surface area contributed by atoms with Gasteiger partial charge in [-0.05, 0) is 40.0 Å². The topological polar surface area (TPSA) is 46.2 Å². The van der Waals surface area contributed by atoms with Crippen molar-refractivity contribution in [3.63, 3.8) is 0 Å². The number of hydrogen-bond acceptors (Lipinski definition) is 2. The number of benzene rings is 1. The molecule has 1 unspecified atom stereocenters. The van der Waals surface area contributed by atoms with Gasteiger partial charge in [-0.2, -0.15) is 0 Å². The summed E-state index contributed by atoms with van der Waals surface area (Å²) in [5.74, 6) is 0.180. The molecular weight excluding hydrogens is 349 g/mol. The van der Waals surface area contributed by atoms with Gasteiger partial charge in [0, 0.05) is 15.4 Å². The van der Waals surface area contributed by atoms with E-state index in [0.29, 0.717) is 21.1 Å². The van der Waals surface area contributed by atoms with Crippen molar-refractivity contribution in [1.82, 2.24) is 0 Å². The zero-order chi connectivity index (χ0) is 13.1. The fourth-order valence-electron chi connectivity index (χ4n) is 1.20. The number of sulfonamides is 1. The first-order chi connectivity index (χ1) is 7.84. The molecule has 0 aliphatic carbocycles. The average molecular weight is 361 g/mol. The van der Waals surface area contributed by atoms with Gasteiger partial charge in [0.15, 0.2) is 0 Å². The van der Waals surface area contributed by atoms with Gasteiger partial charge in [0.1, 0.15) is 0 Å². The van der Waals surface area contributed by atoms with Crippen LogP contribution in [-0.4, -0.2) is 20.1 Å². The molecule has 3 nitrogen and oxygen atoms in total. The highest BCUT2D eigenvalue weighted by molar-refractivity contribution is 9.10. The van der Waals surface area contributed by atoms with Crippen LogP contribution in [0.4, 0.5) is 5.69 Å². The first-order valence-corrected chi connectivity index (χ1v) is 8.21. The number of nitrogens with one attached hydrogen (secondary N) is 1. The maximum absolute atomic E-state index is 11.8. The summed E-state index contributed by atoms with van der Waals surface area (Å²) in [4.78, 5) is 0. The minimum absolute atomic E-state index is 0.0184.